The summed E-state index contributed by atoms with van der Waals surface area (Å²) in [6.45, 7) is 1.14. The van der Waals surface area contributed by atoms with E-state index >= 15 is 0 Å². The van der Waals surface area contributed by atoms with Crippen LogP contribution in [0.15, 0.2) is 18.3 Å². The van der Waals surface area contributed by atoms with Gasteiger partial charge in [-0.2, -0.15) is 0 Å². The van der Waals surface area contributed by atoms with Crippen molar-refractivity contribution in [1.82, 2.24) is 4.98 Å². The lowest BCUT2D eigenvalue weighted by atomic mass is 10.3. The highest BCUT2D eigenvalue weighted by Crippen LogP contribution is 2.07. The Kier molecular flexibility index (Phi) is 4.56. The van der Waals surface area contributed by atoms with E-state index in [0.29, 0.717) is 19.1 Å². The highest BCUT2D eigenvalue weighted by atomic mass is 16.5. The highest BCUT2D eigenvalue weighted by Gasteiger charge is 2.02. The minimum absolute atomic E-state index is 0.152. The molecule has 0 amide bonds. The molecule has 15 heavy (non-hydrogen) atoms. The summed E-state index contributed by atoms with van der Waals surface area (Å²) in [5.41, 5.74) is 0.152. The van der Waals surface area contributed by atoms with E-state index in [4.69, 9.17) is 14.6 Å². The minimum atomic E-state index is -0.992. The number of hydrogen-bond acceptors (Lipinski definition) is 4. The topological polar surface area (TPSA) is 68.7 Å². The van der Waals surface area contributed by atoms with Gasteiger partial charge in [0.2, 0.25) is 5.88 Å². The number of aromatic carboxylic acids is 1. The number of hydrogen-bond donors (Lipinski definition) is 1. The Bertz CT molecular complexity index is 310. The zero-order valence-corrected chi connectivity index (χ0v) is 8.47. The summed E-state index contributed by atoms with van der Waals surface area (Å²) in [5, 5.41) is 8.62. The van der Waals surface area contributed by atoms with Gasteiger partial charge in [-0.05, 0) is 6.07 Å². The Hall–Kier alpha value is -1.62. The Balaban J connectivity index is 2.39. The maximum atomic E-state index is 10.5. The van der Waals surface area contributed by atoms with Gasteiger partial charge in [-0.15, -0.1) is 0 Å². The largest absolute Gasteiger partial charge is 0.478 e. The summed E-state index contributed by atoms with van der Waals surface area (Å²) in [5.74, 6) is -0.565. The Morgan fingerprint density at radius 3 is 2.80 bits per heavy atom. The van der Waals surface area contributed by atoms with Crippen molar-refractivity contribution in [1.29, 1.82) is 0 Å². The van der Waals surface area contributed by atoms with Crippen LogP contribution in [0, 0.1) is 0 Å². The molecule has 0 aromatic carbocycles. The highest BCUT2D eigenvalue weighted by molar-refractivity contribution is 5.87. The van der Waals surface area contributed by atoms with Gasteiger partial charge in [-0.3, -0.25) is 0 Å². The molecule has 0 unspecified atom stereocenters. The second-order valence-corrected chi connectivity index (χ2v) is 2.89. The van der Waals surface area contributed by atoms with Crippen molar-refractivity contribution >= 4 is 5.97 Å². The predicted octanol–water partition coefficient (Wildman–Crippen LogP) is 1.20. The molecule has 1 rings (SSSR count). The number of ether oxygens (including phenoxy) is 2. The SMILES string of the molecule is COCCCOc1ccc(C(=O)O)cn1. The summed E-state index contributed by atoms with van der Waals surface area (Å²) >= 11 is 0. The lowest BCUT2D eigenvalue weighted by Crippen LogP contribution is -2.03. The summed E-state index contributed by atoms with van der Waals surface area (Å²) in [4.78, 5) is 14.4. The van der Waals surface area contributed by atoms with Crippen LogP contribution >= 0.6 is 0 Å². The number of carboxylic acids is 1. The molecule has 0 radical (unpaired) electrons. The van der Waals surface area contributed by atoms with Gasteiger partial charge < -0.3 is 14.6 Å². The summed E-state index contributed by atoms with van der Waals surface area (Å²) in [7, 11) is 1.62. The lowest BCUT2D eigenvalue weighted by Gasteiger charge is -2.04. The molecular formula is C10H13NO4. The molecule has 1 N–H and O–H groups in total. The second-order valence-electron chi connectivity index (χ2n) is 2.89. The summed E-state index contributed by atoms with van der Waals surface area (Å²) < 4.78 is 10.1. The van der Waals surface area contributed by atoms with E-state index in [-0.39, 0.29) is 5.56 Å². The molecule has 1 aromatic heterocycles. The molecule has 1 aromatic rings. The van der Waals surface area contributed by atoms with Crippen molar-refractivity contribution in [2.24, 2.45) is 0 Å². The molecule has 5 heteroatoms. The Labute approximate surface area is 87.7 Å². The summed E-state index contributed by atoms with van der Waals surface area (Å²) in [6, 6.07) is 3.00. The molecule has 0 aliphatic carbocycles. The van der Waals surface area contributed by atoms with Crippen LogP contribution < -0.4 is 4.74 Å². The van der Waals surface area contributed by atoms with Crippen LogP contribution in [0.1, 0.15) is 16.8 Å². The third-order valence-corrected chi connectivity index (χ3v) is 1.73. The standard InChI is InChI=1S/C10H13NO4/c1-14-5-2-6-15-9-4-3-8(7-11-9)10(12)13/h3-4,7H,2,5-6H2,1H3,(H,12,13). The van der Waals surface area contributed by atoms with Crippen LogP contribution in [0.3, 0.4) is 0 Å². The molecule has 0 saturated heterocycles. The lowest BCUT2D eigenvalue weighted by molar-refractivity contribution is 0.0696. The first kappa shape index (κ1) is 11.5. The van der Waals surface area contributed by atoms with Crippen molar-refractivity contribution in [3.8, 4) is 5.88 Å². The Morgan fingerprint density at radius 1 is 1.47 bits per heavy atom. The number of aromatic nitrogens is 1. The minimum Gasteiger partial charge on any atom is -0.478 e. The van der Waals surface area contributed by atoms with Gasteiger partial charge in [0.15, 0.2) is 0 Å². The van der Waals surface area contributed by atoms with Crippen molar-refractivity contribution in [3.05, 3.63) is 23.9 Å². The van der Waals surface area contributed by atoms with Gasteiger partial charge >= 0.3 is 5.97 Å². The van der Waals surface area contributed by atoms with Gasteiger partial charge in [0, 0.05) is 32.4 Å². The van der Waals surface area contributed by atoms with Crippen molar-refractivity contribution in [2.75, 3.05) is 20.3 Å². The number of carbonyl (C=O) groups is 1. The first-order valence-electron chi connectivity index (χ1n) is 4.55. The van der Waals surface area contributed by atoms with Crippen molar-refractivity contribution in [2.45, 2.75) is 6.42 Å². The van der Waals surface area contributed by atoms with Crippen LogP contribution in [0.5, 0.6) is 5.88 Å². The van der Waals surface area contributed by atoms with E-state index in [1.807, 2.05) is 0 Å². The van der Waals surface area contributed by atoms with E-state index < -0.39 is 5.97 Å². The number of pyridine rings is 1. The number of rotatable bonds is 6. The van der Waals surface area contributed by atoms with E-state index in [2.05, 4.69) is 4.98 Å². The maximum absolute atomic E-state index is 10.5. The van der Waals surface area contributed by atoms with Crippen molar-refractivity contribution < 1.29 is 19.4 Å². The summed E-state index contributed by atoms with van der Waals surface area (Å²) in [6.07, 6.45) is 2.05. The van der Waals surface area contributed by atoms with Gasteiger partial charge in [0.05, 0.1) is 12.2 Å². The van der Waals surface area contributed by atoms with Gasteiger partial charge in [-0.25, -0.2) is 9.78 Å². The molecule has 0 aliphatic rings. The van der Waals surface area contributed by atoms with E-state index in [1.54, 1.807) is 7.11 Å². The van der Waals surface area contributed by atoms with Crippen LogP contribution in [-0.4, -0.2) is 36.4 Å². The fraction of sp³-hybridized carbons (Fsp3) is 0.400. The third kappa shape index (κ3) is 3.95. The molecule has 1 heterocycles. The first-order valence-corrected chi connectivity index (χ1v) is 4.55. The zero-order valence-electron chi connectivity index (χ0n) is 8.47. The van der Waals surface area contributed by atoms with E-state index in [9.17, 15) is 4.79 Å². The normalized spacial score (nSPS) is 9.93. The maximum Gasteiger partial charge on any atom is 0.337 e. The molecule has 0 bridgehead atoms. The molecule has 82 valence electrons. The predicted molar refractivity (Wildman–Crippen MR) is 53.2 cm³/mol. The Morgan fingerprint density at radius 2 is 2.27 bits per heavy atom. The van der Waals surface area contributed by atoms with Crippen LogP contribution in [0.2, 0.25) is 0 Å². The van der Waals surface area contributed by atoms with Gasteiger partial charge in [-0.1, -0.05) is 0 Å². The van der Waals surface area contributed by atoms with Crippen LogP contribution in [-0.2, 0) is 4.74 Å². The number of carboxylic acid groups (broad SMARTS) is 1. The molecule has 0 fully saturated rings. The quantitative estimate of drug-likeness (QED) is 0.716. The second kappa shape index (κ2) is 5.98. The molecule has 5 nitrogen and oxygen atoms in total. The van der Waals surface area contributed by atoms with Crippen LogP contribution in [0.25, 0.3) is 0 Å². The fourth-order valence-electron chi connectivity index (χ4n) is 0.972. The zero-order chi connectivity index (χ0) is 11.1. The molecular weight excluding hydrogens is 198 g/mol. The fourth-order valence-corrected chi connectivity index (χ4v) is 0.972. The van der Waals surface area contributed by atoms with E-state index in [1.165, 1.54) is 18.3 Å². The first-order chi connectivity index (χ1) is 7.24. The number of methoxy groups -OCH3 is 1. The average Bonchev–Trinajstić information content (AvgIpc) is 2.25. The number of nitrogens with zero attached hydrogens (tertiary/aromatic N) is 1. The molecule has 0 spiro atoms. The van der Waals surface area contributed by atoms with Crippen LogP contribution in [0.4, 0.5) is 0 Å². The molecule has 0 saturated carbocycles. The molecule has 0 aliphatic heterocycles. The monoisotopic (exact) mass is 211 g/mol. The average molecular weight is 211 g/mol. The smallest absolute Gasteiger partial charge is 0.337 e. The molecule has 0 atom stereocenters. The van der Waals surface area contributed by atoms with E-state index in [0.717, 1.165) is 6.42 Å². The van der Waals surface area contributed by atoms with Gasteiger partial charge in [0.25, 0.3) is 0 Å². The van der Waals surface area contributed by atoms with Crippen molar-refractivity contribution in [3.63, 3.8) is 0 Å². The van der Waals surface area contributed by atoms with Gasteiger partial charge in [0.1, 0.15) is 0 Å². The third-order valence-electron chi connectivity index (χ3n) is 1.73.